The molecule has 0 unspecified atom stereocenters. The minimum atomic E-state index is -3.28. The van der Waals surface area contributed by atoms with E-state index in [2.05, 4.69) is 0 Å². The smallest absolute Gasteiger partial charge is 0.311 e. The number of benzene rings is 2. The average Bonchev–Trinajstić information content (AvgIpc) is 2.38. The largest absolute Gasteiger partial charge is 0.502 e. The molecule has 0 amide bonds. The molecular formula is C13H11NO5S. The van der Waals surface area contributed by atoms with Crippen molar-refractivity contribution in [3.63, 3.8) is 0 Å². The molecule has 0 aliphatic rings. The number of nitro benzene ring substituents is 1. The Morgan fingerprint density at radius 3 is 2.10 bits per heavy atom. The van der Waals surface area contributed by atoms with Gasteiger partial charge in [-0.2, -0.15) is 0 Å². The fraction of sp³-hybridized carbons (Fsp3) is 0.0769. The molecule has 0 radical (unpaired) electrons. The van der Waals surface area contributed by atoms with Crippen molar-refractivity contribution < 1.29 is 18.4 Å². The number of rotatable bonds is 3. The van der Waals surface area contributed by atoms with E-state index in [9.17, 15) is 23.6 Å². The Hall–Kier alpha value is -2.41. The van der Waals surface area contributed by atoms with Gasteiger partial charge in [0.2, 0.25) is 0 Å². The number of aromatic hydroxyl groups is 1. The predicted molar refractivity (Wildman–Crippen MR) is 73.3 cm³/mol. The van der Waals surface area contributed by atoms with Crippen LogP contribution in [0.1, 0.15) is 0 Å². The number of phenolic OH excluding ortho intramolecular Hbond substituents is 1. The Labute approximate surface area is 115 Å². The Morgan fingerprint density at radius 2 is 1.60 bits per heavy atom. The molecule has 0 aliphatic heterocycles. The van der Waals surface area contributed by atoms with E-state index >= 15 is 0 Å². The normalized spacial score (nSPS) is 11.2. The molecular weight excluding hydrogens is 282 g/mol. The lowest BCUT2D eigenvalue weighted by molar-refractivity contribution is -0.385. The van der Waals surface area contributed by atoms with Gasteiger partial charge >= 0.3 is 5.69 Å². The number of hydrogen-bond donors (Lipinski definition) is 1. The van der Waals surface area contributed by atoms with Gasteiger partial charge in [-0.3, -0.25) is 10.1 Å². The Kier molecular flexibility index (Phi) is 3.46. The highest BCUT2D eigenvalue weighted by Crippen LogP contribution is 2.31. The highest BCUT2D eigenvalue weighted by atomic mass is 32.2. The molecule has 0 heterocycles. The Bertz CT molecular complexity index is 766. The van der Waals surface area contributed by atoms with Crippen LogP contribution >= 0.6 is 0 Å². The average molecular weight is 293 g/mol. The van der Waals surface area contributed by atoms with E-state index in [1.165, 1.54) is 30.3 Å². The first kappa shape index (κ1) is 14.0. The summed E-state index contributed by atoms with van der Waals surface area (Å²) in [6.07, 6.45) is 1.10. The zero-order chi connectivity index (χ0) is 14.9. The summed E-state index contributed by atoms with van der Waals surface area (Å²) in [4.78, 5) is 10.3. The van der Waals surface area contributed by atoms with E-state index in [0.717, 1.165) is 6.26 Å². The first-order valence-corrected chi connectivity index (χ1v) is 7.46. The maximum Gasteiger partial charge on any atom is 0.311 e. The maximum atomic E-state index is 11.3. The zero-order valence-corrected chi connectivity index (χ0v) is 11.3. The summed E-state index contributed by atoms with van der Waals surface area (Å²) in [5, 5.41) is 20.1. The van der Waals surface area contributed by atoms with Gasteiger partial charge in [-0.25, -0.2) is 8.42 Å². The van der Waals surface area contributed by atoms with Crippen molar-refractivity contribution in [3.05, 3.63) is 52.6 Å². The van der Waals surface area contributed by atoms with Crippen LogP contribution < -0.4 is 0 Å². The van der Waals surface area contributed by atoms with Crippen LogP contribution in [0.4, 0.5) is 5.69 Å². The topological polar surface area (TPSA) is 97.5 Å². The second-order valence-electron chi connectivity index (χ2n) is 4.26. The number of nitro groups is 1. The van der Waals surface area contributed by atoms with Crippen molar-refractivity contribution in [2.75, 3.05) is 6.26 Å². The quantitative estimate of drug-likeness (QED) is 0.692. The highest BCUT2D eigenvalue weighted by molar-refractivity contribution is 7.90. The molecule has 104 valence electrons. The Balaban J connectivity index is 2.47. The van der Waals surface area contributed by atoms with E-state index in [1.807, 2.05) is 0 Å². The third kappa shape index (κ3) is 2.77. The van der Waals surface area contributed by atoms with Crippen LogP contribution in [-0.4, -0.2) is 24.7 Å². The number of phenols is 1. The molecule has 0 aromatic heterocycles. The van der Waals surface area contributed by atoms with Gasteiger partial charge in [-0.15, -0.1) is 0 Å². The molecule has 0 spiro atoms. The number of nitrogens with zero attached hydrogens (tertiary/aromatic N) is 1. The molecule has 7 heteroatoms. The van der Waals surface area contributed by atoms with Crippen molar-refractivity contribution >= 4 is 15.5 Å². The van der Waals surface area contributed by atoms with Crippen LogP contribution in [0.5, 0.6) is 5.75 Å². The molecule has 2 aromatic rings. The van der Waals surface area contributed by atoms with Crippen molar-refractivity contribution in [1.82, 2.24) is 0 Å². The summed E-state index contributed by atoms with van der Waals surface area (Å²) in [6, 6.07) is 9.99. The molecule has 0 fully saturated rings. The first-order valence-electron chi connectivity index (χ1n) is 5.57. The summed E-state index contributed by atoms with van der Waals surface area (Å²) < 4.78 is 22.7. The summed E-state index contributed by atoms with van der Waals surface area (Å²) >= 11 is 0. The third-order valence-corrected chi connectivity index (χ3v) is 3.92. The van der Waals surface area contributed by atoms with Crippen LogP contribution in [0.15, 0.2) is 47.4 Å². The minimum Gasteiger partial charge on any atom is -0.502 e. The van der Waals surface area contributed by atoms with Crippen LogP contribution in [0, 0.1) is 10.1 Å². The van der Waals surface area contributed by atoms with Gasteiger partial charge in [0.1, 0.15) is 0 Å². The molecule has 0 bridgehead atoms. The third-order valence-electron chi connectivity index (χ3n) is 2.79. The molecule has 0 saturated carbocycles. The van der Waals surface area contributed by atoms with Crippen LogP contribution in [0.25, 0.3) is 11.1 Å². The molecule has 0 aliphatic carbocycles. The molecule has 0 atom stereocenters. The van der Waals surface area contributed by atoms with Crippen molar-refractivity contribution in [3.8, 4) is 16.9 Å². The van der Waals surface area contributed by atoms with E-state index in [1.54, 1.807) is 12.1 Å². The molecule has 0 saturated heterocycles. The summed E-state index contributed by atoms with van der Waals surface area (Å²) in [6.45, 7) is 0. The summed E-state index contributed by atoms with van der Waals surface area (Å²) in [5.41, 5.74) is 0.754. The Morgan fingerprint density at radius 1 is 1.05 bits per heavy atom. The molecule has 2 rings (SSSR count). The van der Waals surface area contributed by atoms with Crippen molar-refractivity contribution in [2.24, 2.45) is 0 Å². The van der Waals surface area contributed by atoms with Gasteiger partial charge in [-0.05, 0) is 29.3 Å². The van der Waals surface area contributed by atoms with Crippen LogP contribution in [-0.2, 0) is 9.84 Å². The fourth-order valence-corrected chi connectivity index (χ4v) is 2.37. The summed E-state index contributed by atoms with van der Waals surface area (Å²) in [5.74, 6) is -0.411. The predicted octanol–water partition coefficient (Wildman–Crippen LogP) is 2.37. The molecule has 20 heavy (non-hydrogen) atoms. The van der Waals surface area contributed by atoms with E-state index in [-0.39, 0.29) is 4.90 Å². The maximum absolute atomic E-state index is 11.3. The number of hydrogen-bond acceptors (Lipinski definition) is 5. The second-order valence-corrected chi connectivity index (χ2v) is 6.27. The van der Waals surface area contributed by atoms with Gasteiger partial charge in [0.15, 0.2) is 15.6 Å². The molecule has 6 nitrogen and oxygen atoms in total. The first-order chi connectivity index (χ1) is 9.29. The van der Waals surface area contributed by atoms with E-state index < -0.39 is 26.2 Å². The van der Waals surface area contributed by atoms with E-state index in [0.29, 0.717) is 11.1 Å². The lowest BCUT2D eigenvalue weighted by Crippen LogP contribution is -1.96. The van der Waals surface area contributed by atoms with Crippen LogP contribution in [0.2, 0.25) is 0 Å². The fourth-order valence-electron chi connectivity index (χ4n) is 1.74. The molecule has 2 aromatic carbocycles. The SMILES string of the molecule is CS(=O)(=O)c1ccc(-c2ccc(O)c([N+](=O)[O-])c2)cc1. The zero-order valence-electron chi connectivity index (χ0n) is 10.5. The van der Waals surface area contributed by atoms with Crippen molar-refractivity contribution in [2.45, 2.75) is 4.90 Å². The monoisotopic (exact) mass is 293 g/mol. The molecule has 1 N–H and O–H groups in total. The number of sulfone groups is 1. The standard InChI is InChI=1S/C13H11NO5S/c1-20(18,19)11-5-2-9(3-6-11)10-4-7-13(15)12(8-10)14(16)17/h2-8,15H,1H3. The lowest BCUT2D eigenvalue weighted by Gasteiger charge is -2.04. The van der Waals surface area contributed by atoms with Gasteiger partial charge in [-0.1, -0.05) is 18.2 Å². The van der Waals surface area contributed by atoms with Gasteiger partial charge in [0.05, 0.1) is 9.82 Å². The lowest BCUT2D eigenvalue weighted by atomic mass is 10.1. The highest BCUT2D eigenvalue weighted by Gasteiger charge is 2.14. The minimum absolute atomic E-state index is 0.175. The second kappa shape index (κ2) is 4.93. The van der Waals surface area contributed by atoms with Crippen LogP contribution in [0.3, 0.4) is 0 Å². The van der Waals surface area contributed by atoms with Gasteiger partial charge in [0, 0.05) is 12.3 Å². The summed E-state index contributed by atoms with van der Waals surface area (Å²) in [7, 11) is -3.28. The van der Waals surface area contributed by atoms with Gasteiger partial charge < -0.3 is 5.11 Å². The van der Waals surface area contributed by atoms with Gasteiger partial charge in [0.25, 0.3) is 0 Å². The van der Waals surface area contributed by atoms with Crippen molar-refractivity contribution in [1.29, 1.82) is 0 Å². The van der Waals surface area contributed by atoms with E-state index in [4.69, 9.17) is 0 Å².